The number of nitrogens with zero attached hydrogens (tertiary/aromatic N) is 1. The highest BCUT2D eigenvalue weighted by atomic mass is 19.4. The van der Waals surface area contributed by atoms with E-state index < -0.39 is 23.1 Å². The Kier molecular flexibility index (Phi) is 5.91. The van der Waals surface area contributed by atoms with Crippen LogP contribution in [0, 0.1) is 11.2 Å². The summed E-state index contributed by atoms with van der Waals surface area (Å²) in [5.41, 5.74) is 2.20. The fourth-order valence-corrected chi connectivity index (χ4v) is 6.23. The fraction of sp³-hybridized carbons (Fsp3) is 0.387. The molecule has 1 unspecified atom stereocenters. The smallest absolute Gasteiger partial charge is 0.416 e. The van der Waals surface area contributed by atoms with Crippen molar-refractivity contribution in [3.63, 3.8) is 0 Å². The van der Waals surface area contributed by atoms with Crippen LogP contribution >= 0.6 is 0 Å². The minimum absolute atomic E-state index is 0.284. The van der Waals surface area contributed by atoms with Crippen LogP contribution in [0.15, 0.2) is 66.7 Å². The molecule has 1 atom stereocenters. The summed E-state index contributed by atoms with van der Waals surface area (Å²) in [6.45, 7) is 1.70. The van der Waals surface area contributed by atoms with E-state index in [-0.39, 0.29) is 11.9 Å². The van der Waals surface area contributed by atoms with Crippen molar-refractivity contribution in [1.29, 1.82) is 0 Å². The summed E-state index contributed by atoms with van der Waals surface area (Å²) in [7, 11) is 0. The Balaban J connectivity index is 1.53. The van der Waals surface area contributed by atoms with Crippen LogP contribution in [0.4, 0.5) is 17.6 Å². The molecule has 3 fully saturated rings. The number of piperidine rings is 1. The number of rotatable bonds is 6. The van der Waals surface area contributed by atoms with Crippen molar-refractivity contribution < 1.29 is 27.5 Å². The first-order valence-electron chi connectivity index (χ1n) is 13.2. The molecule has 0 amide bonds. The van der Waals surface area contributed by atoms with E-state index in [1.165, 1.54) is 37.1 Å². The fourth-order valence-electron chi connectivity index (χ4n) is 6.23. The van der Waals surface area contributed by atoms with E-state index in [2.05, 4.69) is 4.90 Å². The lowest BCUT2D eigenvalue weighted by Crippen LogP contribution is -2.38. The van der Waals surface area contributed by atoms with E-state index in [1.54, 1.807) is 18.2 Å². The van der Waals surface area contributed by atoms with Gasteiger partial charge in [-0.25, -0.2) is 4.39 Å². The first-order chi connectivity index (χ1) is 18.1. The summed E-state index contributed by atoms with van der Waals surface area (Å²) in [5, 5.41) is 10.2. The molecule has 38 heavy (non-hydrogen) atoms. The highest BCUT2D eigenvalue weighted by Crippen LogP contribution is 2.56. The van der Waals surface area contributed by atoms with Gasteiger partial charge in [0.25, 0.3) is 0 Å². The summed E-state index contributed by atoms with van der Waals surface area (Å²) in [4.78, 5) is 14.8. The number of alkyl halides is 3. The van der Waals surface area contributed by atoms with Gasteiger partial charge in [-0.1, -0.05) is 42.5 Å². The number of halogens is 4. The number of hydrogen-bond donors (Lipinski definition) is 1. The lowest BCUT2D eigenvalue weighted by molar-refractivity contribution is -0.140. The van der Waals surface area contributed by atoms with Crippen LogP contribution < -0.4 is 0 Å². The van der Waals surface area contributed by atoms with Gasteiger partial charge in [-0.3, -0.25) is 9.69 Å². The highest BCUT2D eigenvalue weighted by Gasteiger charge is 2.53. The lowest BCUT2D eigenvalue weighted by atomic mass is 9.80. The molecule has 3 aromatic rings. The first kappa shape index (κ1) is 25.1. The predicted molar refractivity (Wildman–Crippen MR) is 136 cm³/mol. The predicted octanol–water partition coefficient (Wildman–Crippen LogP) is 7.59. The maximum absolute atomic E-state index is 13.9. The van der Waals surface area contributed by atoms with Gasteiger partial charge in [0.2, 0.25) is 0 Å². The van der Waals surface area contributed by atoms with Crippen LogP contribution in [0.25, 0.3) is 11.1 Å². The maximum Gasteiger partial charge on any atom is 0.416 e. The van der Waals surface area contributed by atoms with Crippen LogP contribution in [-0.4, -0.2) is 29.1 Å². The summed E-state index contributed by atoms with van der Waals surface area (Å²) in [6.07, 6.45) is 1.12. The van der Waals surface area contributed by atoms with Gasteiger partial charge in [0, 0.05) is 0 Å². The molecule has 7 heteroatoms. The average Bonchev–Trinajstić information content (AvgIpc) is 3.83. The standard InChI is InChI=1S/C31H29F4NO2/c32-23-10-6-21(7-11-23)27(36-18-16-29(12-13-29)17-19-36)24-2-1-3-25(30(14-15-30)28(37)38)26(24)20-4-8-22(9-5-20)31(33,34)35/h1-11,27H,12-19H2,(H,37,38). The molecule has 0 radical (unpaired) electrons. The van der Waals surface area contributed by atoms with Gasteiger partial charge in [-0.2, -0.15) is 13.2 Å². The molecule has 6 rings (SSSR count). The number of benzene rings is 3. The first-order valence-corrected chi connectivity index (χ1v) is 13.2. The van der Waals surface area contributed by atoms with Crippen LogP contribution in [0.2, 0.25) is 0 Å². The quantitative estimate of drug-likeness (QED) is 0.339. The minimum atomic E-state index is -4.47. The largest absolute Gasteiger partial charge is 0.481 e. The van der Waals surface area contributed by atoms with E-state index in [0.29, 0.717) is 34.9 Å². The minimum Gasteiger partial charge on any atom is -0.481 e. The van der Waals surface area contributed by atoms with Crippen LogP contribution in [0.1, 0.15) is 66.8 Å². The third kappa shape index (κ3) is 4.41. The molecule has 0 aromatic heterocycles. The van der Waals surface area contributed by atoms with E-state index >= 15 is 0 Å². The summed E-state index contributed by atoms with van der Waals surface area (Å²) in [6, 6.07) is 16.7. The summed E-state index contributed by atoms with van der Waals surface area (Å²) >= 11 is 0. The Hall–Kier alpha value is -3.19. The third-order valence-corrected chi connectivity index (χ3v) is 8.93. The summed E-state index contributed by atoms with van der Waals surface area (Å²) in [5.74, 6) is -1.27. The average molecular weight is 524 g/mol. The number of carboxylic acids is 1. The molecule has 1 spiro atoms. The highest BCUT2D eigenvalue weighted by molar-refractivity contribution is 5.89. The second-order valence-electron chi connectivity index (χ2n) is 11.2. The molecule has 3 aromatic carbocycles. The van der Waals surface area contributed by atoms with E-state index in [0.717, 1.165) is 49.2 Å². The Morgan fingerprint density at radius 2 is 1.47 bits per heavy atom. The molecule has 0 bridgehead atoms. The number of carboxylic acid groups (broad SMARTS) is 1. The Labute approximate surface area is 219 Å². The van der Waals surface area contributed by atoms with Gasteiger partial charge in [-0.15, -0.1) is 0 Å². The van der Waals surface area contributed by atoms with Gasteiger partial charge in [0.1, 0.15) is 5.82 Å². The van der Waals surface area contributed by atoms with Gasteiger partial charge in [-0.05, 0) is 109 Å². The second kappa shape index (κ2) is 8.94. The number of aliphatic carboxylic acids is 1. The molecule has 2 saturated carbocycles. The zero-order valence-corrected chi connectivity index (χ0v) is 20.9. The molecule has 3 nitrogen and oxygen atoms in total. The number of carbonyl (C=O) groups is 1. The van der Waals surface area contributed by atoms with Crippen molar-refractivity contribution in [3.8, 4) is 11.1 Å². The van der Waals surface area contributed by atoms with Gasteiger partial charge < -0.3 is 5.11 Å². The second-order valence-corrected chi connectivity index (χ2v) is 11.2. The summed E-state index contributed by atoms with van der Waals surface area (Å²) < 4.78 is 54.0. The normalized spacial score (nSPS) is 20.7. The van der Waals surface area contributed by atoms with Crippen molar-refractivity contribution in [2.75, 3.05) is 13.1 Å². The maximum atomic E-state index is 13.9. The number of hydrogen-bond acceptors (Lipinski definition) is 2. The van der Waals surface area contributed by atoms with Crippen molar-refractivity contribution in [2.45, 2.75) is 56.2 Å². The Morgan fingerprint density at radius 1 is 0.842 bits per heavy atom. The van der Waals surface area contributed by atoms with Gasteiger partial charge in [0.05, 0.1) is 17.0 Å². The van der Waals surface area contributed by atoms with E-state index in [9.17, 15) is 27.5 Å². The molecule has 1 N–H and O–H groups in total. The molecular weight excluding hydrogens is 494 g/mol. The molecular formula is C31H29F4NO2. The topological polar surface area (TPSA) is 40.5 Å². The Morgan fingerprint density at radius 3 is 2.00 bits per heavy atom. The van der Waals surface area contributed by atoms with Crippen molar-refractivity contribution in [3.05, 3.63) is 94.8 Å². The van der Waals surface area contributed by atoms with Crippen LogP contribution in [0.3, 0.4) is 0 Å². The van der Waals surface area contributed by atoms with Crippen molar-refractivity contribution >= 4 is 5.97 Å². The molecule has 2 aliphatic carbocycles. The molecule has 198 valence electrons. The zero-order chi connectivity index (χ0) is 26.7. The monoisotopic (exact) mass is 523 g/mol. The van der Waals surface area contributed by atoms with E-state index in [4.69, 9.17) is 0 Å². The number of likely N-dealkylation sites (tertiary alicyclic amines) is 1. The molecule has 1 aliphatic heterocycles. The van der Waals surface area contributed by atoms with E-state index in [1.807, 2.05) is 12.1 Å². The lowest BCUT2D eigenvalue weighted by Gasteiger charge is -2.39. The van der Waals surface area contributed by atoms with Crippen molar-refractivity contribution in [1.82, 2.24) is 4.90 Å². The zero-order valence-electron chi connectivity index (χ0n) is 20.9. The SMILES string of the molecule is O=C(O)C1(c2cccc(C(c3ccc(F)cc3)N3CCC4(CC3)CC4)c2-c2ccc(C(F)(F)F)cc2)CC1. The Bertz CT molecular complexity index is 1350. The van der Waals surface area contributed by atoms with Crippen LogP contribution in [-0.2, 0) is 16.4 Å². The van der Waals surface area contributed by atoms with Crippen molar-refractivity contribution in [2.24, 2.45) is 5.41 Å². The van der Waals surface area contributed by atoms with Gasteiger partial charge >= 0.3 is 12.1 Å². The third-order valence-electron chi connectivity index (χ3n) is 8.93. The van der Waals surface area contributed by atoms with Crippen LogP contribution in [0.5, 0.6) is 0 Å². The van der Waals surface area contributed by atoms with Gasteiger partial charge in [0.15, 0.2) is 0 Å². The molecule has 1 saturated heterocycles. The molecule has 3 aliphatic rings. The molecule has 1 heterocycles.